The Hall–Kier alpha value is -4.90. The summed E-state index contributed by atoms with van der Waals surface area (Å²) in [5.41, 5.74) is -1.44. The van der Waals surface area contributed by atoms with Crippen LogP contribution in [0.4, 0.5) is 26.3 Å². The van der Waals surface area contributed by atoms with Crippen LogP contribution in [0.15, 0.2) is 34.6 Å². The van der Waals surface area contributed by atoms with E-state index < -0.39 is 48.8 Å². The minimum absolute atomic E-state index is 0.00182. The fourth-order valence-electron chi connectivity index (χ4n) is 6.94. The van der Waals surface area contributed by atoms with E-state index in [0.29, 0.717) is 43.7 Å². The highest BCUT2D eigenvalue weighted by Gasteiger charge is 2.38. The first-order valence-corrected chi connectivity index (χ1v) is 21.5. The molecule has 0 aliphatic carbocycles. The number of alkyl halides is 7. The summed E-state index contributed by atoms with van der Waals surface area (Å²) in [5.74, 6) is 0.0161. The van der Waals surface area contributed by atoms with Crippen molar-refractivity contribution in [2.75, 3.05) is 11.5 Å². The lowest BCUT2D eigenvalue weighted by atomic mass is 10.1. The van der Waals surface area contributed by atoms with Gasteiger partial charge >= 0.3 is 12.4 Å². The summed E-state index contributed by atoms with van der Waals surface area (Å²) >= 11 is 6.36. The number of nitrogens with zero attached hydrogens (tertiary/aromatic N) is 10. The van der Waals surface area contributed by atoms with Crippen molar-refractivity contribution >= 4 is 59.1 Å². The number of sulfone groups is 2. The number of hydrogen-bond donors (Lipinski definition) is 0. The largest absolute Gasteiger partial charge is 0.433 e. The number of fused-ring (bicyclic) bond motifs is 4. The van der Waals surface area contributed by atoms with E-state index >= 15 is 0 Å². The van der Waals surface area contributed by atoms with Crippen LogP contribution in [-0.4, -0.2) is 82.3 Å². The maximum absolute atomic E-state index is 13.0. The van der Waals surface area contributed by atoms with Crippen LogP contribution < -0.4 is 0 Å². The molecular weight excluding hydrogens is 842 g/mol. The maximum Gasteiger partial charge on any atom is 0.433 e. The molecule has 6 aromatic rings. The third-order valence-corrected chi connectivity index (χ3v) is 13.9. The van der Waals surface area contributed by atoms with Crippen molar-refractivity contribution in [2.24, 2.45) is 14.1 Å². The van der Waals surface area contributed by atoms with E-state index in [4.69, 9.17) is 11.6 Å². The Kier molecular flexibility index (Phi) is 10.3. The first-order chi connectivity index (χ1) is 27.1. The van der Waals surface area contributed by atoms with Crippen molar-refractivity contribution in [3.63, 3.8) is 0 Å². The molecule has 58 heavy (non-hydrogen) atoms. The topological polar surface area (TPSA) is 182 Å². The van der Waals surface area contributed by atoms with E-state index in [2.05, 4.69) is 29.9 Å². The number of halogens is 7. The molecule has 1 atom stereocenters. The first kappa shape index (κ1) is 41.3. The minimum Gasteiger partial charge on any atom is -0.324 e. The van der Waals surface area contributed by atoms with Crippen LogP contribution >= 0.6 is 11.6 Å². The lowest BCUT2D eigenvalue weighted by Crippen LogP contribution is -2.21. The number of ketones is 1. The highest BCUT2D eigenvalue weighted by Crippen LogP contribution is 2.39. The Balaban J connectivity index is 0.000000177. The molecule has 8 rings (SSSR count). The van der Waals surface area contributed by atoms with Crippen molar-refractivity contribution in [2.45, 2.75) is 80.4 Å². The Labute approximate surface area is 331 Å². The van der Waals surface area contributed by atoms with Gasteiger partial charge in [-0.15, -0.1) is 11.6 Å². The van der Waals surface area contributed by atoms with Crippen LogP contribution in [0.1, 0.15) is 72.7 Å². The fourth-order valence-corrected chi connectivity index (χ4v) is 9.71. The molecule has 6 aromatic heterocycles. The summed E-state index contributed by atoms with van der Waals surface area (Å²) in [6.07, 6.45) is -5.05. The zero-order valence-electron chi connectivity index (χ0n) is 31.0. The van der Waals surface area contributed by atoms with E-state index in [-0.39, 0.29) is 79.2 Å². The van der Waals surface area contributed by atoms with Gasteiger partial charge in [-0.05, 0) is 31.4 Å². The number of carbonyl (C=O) groups excluding carboxylic acids is 1. The van der Waals surface area contributed by atoms with Gasteiger partial charge < -0.3 is 18.3 Å². The number of hydrogen-bond acceptors (Lipinski definition) is 11. The van der Waals surface area contributed by atoms with Crippen molar-refractivity contribution in [1.82, 2.24) is 48.2 Å². The van der Waals surface area contributed by atoms with Gasteiger partial charge in [0.2, 0.25) is 0 Å². The molecule has 1 unspecified atom stereocenters. The summed E-state index contributed by atoms with van der Waals surface area (Å²) < 4.78 is 135. The van der Waals surface area contributed by atoms with Crippen LogP contribution in [0, 0.1) is 0 Å². The normalized spacial score (nSPS) is 16.4. The highest BCUT2D eigenvalue weighted by atomic mass is 35.5. The zero-order valence-corrected chi connectivity index (χ0v) is 33.4. The summed E-state index contributed by atoms with van der Waals surface area (Å²) in [7, 11) is -4.36. The third kappa shape index (κ3) is 7.03. The highest BCUT2D eigenvalue weighted by molar-refractivity contribution is 7.91. The molecule has 8 heterocycles. The minimum atomic E-state index is -4.64. The molecule has 0 amide bonds. The lowest BCUT2D eigenvalue weighted by Gasteiger charge is -2.19. The Morgan fingerprint density at radius 3 is 1.66 bits per heavy atom. The number of imidazole rings is 4. The molecule has 0 spiro atoms. The molecule has 0 fully saturated rings. The van der Waals surface area contributed by atoms with Crippen molar-refractivity contribution < 1.29 is 48.0 Å². The van der Waals surface area contributed by atoms with E-state index in [9.17, 15) is 48.0 Å². The molecular formula is C34H33ClF6N10O5S2. The van der Waals surface area contributed by atoms with Gasteiger partial charge in [0.1, 0.15) is 28.6 Å². The standard InChI is InChI=1S/C17H17ClF3N5O2S.C17H16F3N5O3S/c1-3-29(27,28)16-13(24-14-9(18)5-4-6-26(14)16)15-23-10-7-12(17(19,20)21)22-8-11(10)25(15)2;1-3-29(27,28)16-13(23-14-11(26)5-4-6-25(14)16)15-22-9-7-12(17(18,19)20)21-8-10(9)24(15)2/h7-9H,3-6H2,1-2H3;7-8H,3-6H2,1-2H3. The zero-order chi connectivity index (χ0) is 42.3. The molecule has 0 aromatic carbocycles. The first-order valence-electron chi connectivity index (χ1n) is 17.7. The second-order valence-electron chi connectivity index (χ2n) is 13.6. The monoisotopic (exact) mass is 874 g/mol. The second-order valence-corrected chi connectivity index (χ2v) is 18.5. The molecule has 0 radical (unpaired) electrons. The van der Waals surface area contributed by atoms with E-state index in [0.717, 1.165) is 24.5 Å². The lowest BCUT2D eigenvalue weighted by molar-refractivity contribution is -0.141. The van der Waals surface area contributed by atoms with Gasteiger partial charge in [-0.2, -0.15) is 26.3 Å². The van der Waals surface area contributed by atoms with Crippen molar-refractivity contribution in [3.05, 3.63) is 47.6 Å². The molecule has 2 aliphatic rings. The smallest absolute Gasteiger partial charge is 0.324 e. The summed E-state index contributed by atoms with van der Waals surface area (Å²) in [6.45, 7) is 3.75. The van der Waals surface area contributed by atoms with Crippen LogP contribution in [0.25, 0.3) is 45.1 Å². The van der Waals surface area contributed by atoms with Gasteiger partial charge in [-0.3, -0.25) is 4.79 Å². The van der Waals surface area contributed by atoms with Gasteiger partial charge in [0.25, 0.3) is 0 Å². The van der Waals surface area contributed by atoms with Crippen LogP contribution in [0.5, 0.6) is 0 Å². The van der Waals surface area contributed by atoms with E-state index in [1.54, 1.807) is 11.6 Å². The molecule has 24 heteroatoms. The van der Waals surface area contributed by atoms with Gasteiger partial charge in [-0.25, -0.2) is 46.7 Å². The van der Waals surface area contributed by atoms with Gasteiger partial charge in [0.05, 0.1) is 51.3 Å². The molecule has 0 saturated carbocycles. The second kappa shape index (κ2) is 14.4. The number of aromatic nitrogens is 10. The van der Waals surface area contributed by atoms with Crippen molar-refractivity contribution in [1.29, 1.82) is 0 Å². The molecule has 15 nitrogen and oxygen atoms in total. The fraction of sp³-hybridized carbons (Fsp3) is 0.441. The number of aryl methyl sites for hydroxylation is 2. The molecule has 310 valence electrons. The van der Waals surface area contributed by atoms with E-state index in [1.807, 2.05) is 0 Å². The Bertz CT molecular complexity index is 2860. The quantitative estimate of drug-likeness (QED) is 0.135. The summed E-state index contributed by atoms with van der Waals surface area (Å²) in [5, 5.41) is -0.579. The molecule has 0 N–H and O–H groups in total. The van der Waals surface area contributed by atoms with Gasteiger partial charge in [0, 0.05) is 33.6 Å². The van der Waals surface area contributed by atoms with Crippen LogP contribution in [0.3, 0.4) is 0 Å². The number of rotatable bonds is 6. The summed E-state index contributed by atoms with van der Waals surface area (Å²) in [6, 6.07) is 1.64. The third-order valence-electron chi connectivity index (χ3n) is 9.91. The van der Waals surface area contributed by atoms with Gasteiger partial charge in [0.15, 0.2) is 53.0 Å². The number of pyridine rings is 2. The summed E-state index contributed by atoms with van der Waals surface area (Å²) in [4.78, 5) is 36.4. The van der Waals surface area contributed by atoms with Crippen molar-refractivity contribution in [3.8, 4) is 23.0 Å². The average molecular weight is 875 g/mol. The Morgan fingerprint density at radius 1 is 0.707 bits per heavy atom. The SMILES string of the molecule is CCS(=O)(=O)c1c(-c2nc3cc(C(F)(F)F)ncc3n2C)nc2n1CCCC2=O.CCS(=O)(=O)c1c(-c2nc3cc(C(F)(F)F)ncc3n2C)nc2n1CCCC2Cl. The van der Waals surface area contributed by atoms with Crippen LogP contribution in [0.2, 0.25) is 0 Å². The van der Waals surface area contributed by atoms with Crippen LogP contribution in [-0.2, 0) is 59.2 Å². The van der Waals surface area contributed by atoms with Gasteiger partial charge in [-0.1, -0.05) is 13.8 Å². The number of carbonyl (C=O) groups is 1. The molecule has 0 bridgehead atoms. The predicted octanol–water partition coefficient (Wildman–Crippen LogP) is 6.34. The Morgan fingerprint density at radius 2 is 1.17 bits per heavy atom. The molecule has 0 saturated heterocycles. The number of Topliss-reactive ketones (excluding diaryl/α,β-unsaturated/α-hetero) is 1. The predicted molar refractivity (Wildman–Crippen MR) is 196 cm³/mol. The average Bonchev–Trinajstić information content (AvgIpc) is 3.92. The maximum atomic E-state index is 13.0. The molecule has 2 aliphatic heterocycles. The van der Waals surface area contributed by atoms with E-state index in [1.165, 1.54) is 34.6 Å².